The van der Waals surface area contributed by atoms with E-state index in [1.807, 2.05) is 31.2 Å². The first-order chi connectivity index (χ1) is 14.3. The number of rotatable bonds is 9. The van der Waals surface area contributed by atoms with E-state index in [0.29, 0.717) is 12.3 Å². The molecular weight excluding hydrogens is 426 g/mol. The number of thiophene rings is 1. The van der Waals surface area contributed by atoms with E-state index in [-0.39, 0.29) is 23.1 Å². The maximum Gasteiger partial charge on any atom is 0.306 e. The van der Waals surface area contributed by atoms with E-state index >= 15 is 0 Å². The molecule has 30 heavy (non-hydrogen) atoms. The molecule has 0 aliphatic carbocycles. The average molecular weight is 450 g/mol. The molecule has 0 spiro atoms. The number of esters is 1. The minimum Gasteiger partial charge on any atom is -0.453 e. The zero-order valence-electron chi connectivity index (χ0n) is 16.9. The van der Waals surface area contributed by atoms with Crippen molar-refractivity contribution in [1.29, 1.82) is 0 Å². The van der Waals surface area contributed by atoms with E-state index in [0.717, 1.165) is 22.5 Å². The molecule has 0 saturated carbocycles. The fraction of sp³-hybridized carbons (Fsp3) is 0.350. The smallest absolute Gasteiger partial charge is 0.306 e. The van der Waals surface area contributed by atoms with Crippen LogP contribution in [-0.2, 0) is 19.6 Å². The van der Waals surface area contributed by atoms with Crippen LogP contribution in [0.2, 0.25) is 0 Å². The van der Waals surface area contributed by atoms with E-state index in [4.69, 9.17) is 9.15 Å². The highest BCUT2D eigenvalue weighted by Gasteiger charge is 2.22. The Hall–Kier alpha value is -2.56. The molecule has 0 bridgehead atoms. The normalized spacial score (nSPS) is 12.8. The quantitative estimate of drug-likeness (QED) is 0.458. The van der Waals surface area contributed by atoms with Gasteiger partial charge in [-0.25, -0.2) is 12.7 Å². The van der Waals surface area contributed by atoms with Gasteiger partial charge in [0.2, 0.25) is 5.89 Å². The number of aryl methyl sites for hydroxylation is 1. The second-order valence-electron chi connectivity index (χ2n) is 6.81. The van der Waals surface area contributed by atoms with Gasteiger partial charge >= 0.3 is 5.97 Å². The highest BCUT2D eigenvalue weighted by Crippen LogP contribution is 2.23. The summed E-state index contributed by atoms with van der Waals surface area (Å²) in [6.45, 7) is 3.85. The maximum absolute atomic E-state index is 12.4. The highest BCUT2D eigenvalue weighted by atomic mass is 32.2. The largest absolute Gasteiger partial charge is 0.453 e. The number of hydrogen-bond donors (Lipinski definition) is 0. The van der Waals surface area contributed by atoms with Gasteiger partial charge in [0.1, 0.15) is 4.21 Å². The van der Waals surface area contributed by atoms with Crippen molar-refractivity contribution in [3.63, 3.8) is 0 Å². The second-order valence-corrected chi connectivity index (χ2v) is 10.0. The second kappa shape index (κ2) is 9.50. The summed E-state index contributed by atoms with van der Waals surface area (Å²) in [6, 6.07) is 10.9. The third kappa shape index (κ3) is 5.32. The van der Waals surface area contributed by atoms with Gasteiger partial charge in [-0.2, -0.15) is 0 Å². The van der Waals surface area contributed by atoms with Gasteiger partial charge in [-0.05, 0) is 43.8 Å². The number of carbonyl (C=O) groups is 1. The van der Waals surface area contributed by atoms with Crippen molar-refractivity contribution >= 4 is 27.3 Å². The Morgan fingerprint density at radius 2 is 1.97 bits per heavy atom. The van der Waals surface area contributed by atoms with Gasteiger partial charge in [0.05, 0.1) is 0 Å². The van der Waals surface area contributed by atoms with Gasteiger partial charge in [-0.15, -0.1) is 21.5 Å². The van der Waals surface area contributed by atoms with Crippen molar-refractivity contribution in [3.8, 4) is 11.5 Å². The molecule has 0 aliphatic rings. The molecule has 2 aromatic heterocycles. The molecule has 3 rings (SSSR count). The molecule has 1 aromatic carbocycles. The van der Waals surface area contributed by atoms with Gasteiger partial charge in [-0.3, -0.25) is 4.79 Å². The first kappa shape index (κ1) is 22.1. The van der Waals surface area contributed by atoms with Gasteiger partial charge < -0.3 is 9.15 Å². The molecule has 0 radical (unpaired) electrons. The van der Waals surface area contributed by atoms with Crippen LogP contribution >= 0.6 is 11.3 Å². The molecule has 0 saturated heterocycles. The predicted molar refractivity (Wildman–Crippen MR) is 112 cm³/mol. The number of ether oxygens (including phenoxy) is 1. The zero-order chi connectivity index (χ0) is 21.7. The molecule has 0 aliphatic heterocycles. The Bertz CT molecular complexity index is 1080. The van der Waals surface area contributed by atoms with Crippen LogP contribution in [0.25, 0.3) is 11.5 Å². The summed E-state index contributed by atoms with van der Waals surface area (Å²) in [5, 5.41) is 9.67. The van der Waals surface area contributed by atoms with E-state index < -0.39 is 22.1 Å². The Morgan fingerprint density at radius 1 is 1.23 bits per heavy atom. The van der Waals surface area contributed by atoms with Crippen molar-refractivity contribution in [1.82, 2.24) is 14.5 Å². The van der Waals surface area contributed by atoms with Crippen LogP contribution in [0.1, 0.15) is 37.3 Å². The van der Waals surface area contributed by atoms with Crippen LogP contribution in [0.15, 0.2) is 50.4 Å². The molecule has 1 atom stereocenters. The van der Waals surface area contributed by atoms with Crippen molar-refractivity contribution in [2.24, 2.45) is 0 Å². The molecule has 10 heteroatoms. The molecule has 8 nitrogen and oxygen atoms in total. The van der Waals surface area contributed by atoms with Crippen molar-refractivity contribution in [2.75, 3.05) is 13.6 Å². The molecule has 160 valence electrons. The number of nitrogens with zero attached hydrogens (tertiary/aromatic N) is 3. The Labute approximate surface area is 179 Å². The number of carbonyl (C=O) groups excluding carboxylic acids is 1. The molecule has 0 amide bonds. The summed E-state index contributed by atoms with van der Waals surface area (Å²) < 4.78 is 37.2. The fourth-order valence-electron chi connectivity index (χ4n) is 2.65. The molecular formula is C20H23N3O5S2. The summed E-state index contributed by atoms with van der Waals surface area (Å²) in [4.78, 5) is 12.1. The Morgan fingerprint density at radius 3 is 2.63 bits per heavy atom. The summed E-state index contributed by atoms with van der Waals surface area (Å²) in [7, 11) is -2.03. The fourth-order valence-corrected chi connectivity index (χ4v) is 5.06. The first-order valence-corrected chi connectivity index (χ1v) is 11.7. The zero-order valence-corrected chi connectivity index (χ0v) is 18.6. The molecule has 0 N–H and O–H groups in total. The van der Waals surface area contributed by atoms with E-state index in [1.54, 1.807) is 24.4 Å². The van der Waals surface area contributed by atoms with Crippen molar-refractivity contribution in [3.05, 3.63) is 53.2 Å². The van der Waals surface area contributed by atoms with Gasteiger partial charge in [0.15, 0.2) is 6.10 Å². The predicted octanol–water partition coefficient (Wildman–Crippen LogP) is 3.81. The van der Waals surface area contributed by atoms with Gasteiger partial charge in [-0.1, -0.05) is 23.8 Å². The van der Waals surface area contributed by atoms with Crippen molar-refractivity contribution in [2.45, 2.75) is 37.0 Å². The van der Waals surface area contributed by atoms with Crippen LogP contribution in [0.5, 0.6) is 0 Å². The van der Waals surface area contributed by atoms with Crippen molar-refractivity contribution < 1.29 is 22.4 Å². The van der Waals surface area contributed by atoms with Gasteiger partial charge in [0, 0.05) is 25.6 Å². The Balaban J connectivity index is 1.48. The van der Waals surface area contributed by atoms with E-state index in [2.05, 4.69) is 10.2 Å². The van der Waals surface area contributed by atoms with Crippen LogP contribution in [0, 0.1) is 6.92 Å². The summed E-state index contributed by atoms with van der Waals surface area (Å²) in [6.07, 6.45) is -0.282. The topological polar surface area (TPSA) is 103 Å². The third-order valence-electron chi connectivity index (χ3n) is 4.41. The minimum atomic E-state index is -3.52. The minimum absolute atomic E-state index is 0.0770. The van der Waals surface area contributed by atoms with Crippen LogP contribution in [0.4, 0.5) is 0 Å². The van der Waals surface area contributed by atoms with Crippen LogP contribution < -0.4 is 0 Å². The number of benzene rings is 1. The molecule has 2 heterocycles. The summed E-state index contributed by atoms with van der Waals surface area (Å²) >= 11 is 1.16. The van der Waals surface area contributed by atoms with Crippen LogP contribution in [-0.4, -0.2) is 42.5 Å². The standard InChI is InChI=1S/C20H23N3O5S2/c1-14-8-10-16(11-9-14)20-22-21-19(28-20)15(2)27-17(24)6-4-12-23(3)30(25,26)18-7-5-13-29-18/h5,7-11,13,15H,4,6,12H2,1-3H3. The average Bonchev–Trinajstić information content (AvgIpc) is 3.41. The number of hydrogen-bond acceptors (Lipinski definition) is 8. The van der Waals surface area contributed by atoms with Gasteiger partial charge in [0.25, 0.3) is 15.9 Å². The monoisotopic (exact) mass is 449 g/mol. The lowest BCUT2D eigenvalue weighted by Gasteiger charge is -2.16. The first-order valence-electron chi connectivity index (χ1n) is 9.37. The molecule has 1 unspecified atom stereocenters. The molecule has 3 aromatic rings. The number of sulfonamides is 1. The summed E-state index contributed by atoms with van der Waals surface area (Å²) in [5.41, 5.74) is 1.91. The number of aromatic nitrogens is 2. The van der Waals surface area contributed by atoms with E-state index in [1.165, 1.54) is 11.4 Å². The molecule has 0 fully saturated rings. The lowest BCUT2D eigenvalue weighted by Crippen LogP contribution is -2.27. The lowest BCUT2D eigenvalue weighted by molar-refractivity contribution is -0.149. The lowest BCUT2D eigenvalue weighted by atomic mass is 10.1. The Kier molecular flexibility index (Phi) is 7.01. The SMILES string of the molecule is Cc1ccc(-c2nnc(C(C)OC(=O)CCCN(C)S(=O)(=O)c3cccs3)o2)cc1. The van der Waals surface area contributed by atoms with E-state index in [9.17, 15) is 13.2 Å². The third-order valence-corrected chi connectivity index (χ3v) is 7.64. The highest BCUT2D eigenvalue weighted by molar-refractivity contribution is 7.91. The van der Waals surface area contributed by atoms with Crippen LogP contribution in [0.3, 0.4) is 0 Å². The maximum atomic E-state index is 12.4. The summed E-state index contributed by atoms with van der Waals surface area (Å²) in [5.74, 6) is 0.101.